The molecule has 1 atom stereocenters. The molecule has 1 unspecified atom stereocenters. The van der Waals surface area contributed by atoms with Crippen molar-refractivity contribution < 1.29 is 14.3 Å². The smallest absolute Gasteiger partial charge is 0.233 e. The summed E-state index contributed by atoms with van der Waals surface area (Å²) in [7, 11) is 0. The predicted octanol–water partition coefficient (Wildman–Crippen LogP) is 2.44. The number of hydrogen-bond donors (Lipinski definition) is 1. The Morgan fingerprint density at radius 2 is 2.14 bits per heavy atom. The lowest BCUT2D eigenvalue weighted by Gasteiger charge is -2.31. The Labute approximate surface area is 174 Å². The minimum absolute atomic E-state index is 0.0688. The van der Waals surface area contributed by atoms with E-state index in [-0.39, 0.29) is 17.9 Å². The molecule has 2 heterocycles. The SMILES string of the molecule is CC(=O)Nc1cccc(-n2c(SCC(=O)N3CCOC(C)C3)nnc2C2CC2)c1. The van der Waals surface area contributed by atoms with E-state index in [0.29, 0.717) is 36.5 Å². The minimum atomic E-state index is -0.117. The molecule has 1 N–H and O–H groups in total. The van der Waals surface area contributed by atoms with Crippen molar-refractivity contribution in [2.75, 3.05) is 30.8 Å². The van der Waals surface area contributed by atoms with E-state index in [9.17, 15) is 9.59 Å². The summed E-state index contributed by atoms with van der Waals surface area (Å²) in [6.45, 7) is 5.30. The average molecular weight is 416 g/mol. The highest BCUT2D eigenvalue weighted by atomic mass is 32.2. The van der Waals surface area contributed by atoms with Crippen molar-refractivity contribution in [1.82, 2.24) is 19.7 Å². The molecule has 4 rings (SSSR count). The molecule has 0 radical (unpaired) electrons. The van der Waals surface area contributed by atoms with Gasteiger partial charge in [0.2, 0.25) is 11.8 Å². The third kappa shape index (κ3) is 4.79. The van der Waals surface area contributed by atoms with Crippen molar-refractivity contribution in [1.29, 1.82) is 0 Å². The van der Waals surface area contributed by atoms with E-state index in [1.165, 1.54) is 18.7 Å². The second-order valence-corrected chi connectivity index (χ2v) is 8.43. The normalized spacial score (nSPS) is 19.2. The van der Waals surface area contributed by atoms with E-state index >= 15 is 0 Å². The lowest BCUT2D eigenvalue weighted by Crippen LogP contribution is -2.45. The second-order valence-electron chi connectivity index (χ2n) is 7.49. The topological polar surface area (TPSA) is 89.4 Å². The first-order valence-electron chi connectivity index (χ1n) is 9.87. The van der Waals surface area contributed by atoms with E-state index in [4.69, 9.17) is 4.74 Å². The van der Waals surface area contributed by atoms with E-state index in [1.807, 2.05) is 40.7 Å². The van der Waals surface area contributed by atoms with Crippen LogP contribution in [-0.2, 0) is 14.3 Å². The zero-order chi connectivity index (χ0) is 20.4. The number of aromatic nitrogens is 3. The van der Waals surface area contributed by atoms with Crippen LogP contribution in [0, 0.1) is 0 Å². The molecule has 8 nitrogen and oxygen atoms in total. The Hall–Kier alpha value is -2.39. The Balaban J connectivity index is 1.54. The van der Waals surface area contributed by atoms with Gasteiger partial charge in [-0.2, -0.15) is 0 Å². The van der Waals surface area contributed by atoms with Crippen molar-refractivity contribution in [3.05, 3.63) is 30.1 Å². The number of anilines is 1. The molecule has 1 saturated heterocycles. The first-order chi connectivity index (χ1) is 14.0. The number of nitrogens with one attached hydrogen (secondary N) is 1. The van der Waals surface area contributed by atoms with Gasteiger partial charge in [0.05, 0.1) is 24.2 Å². The molecule has 2 aliphatic rings. The van der Waals surface area contributed by atoms with Gasteiger partial charge in [-0.05, 0) is 38.0 Å². The highest BCUT2D eigenvalue weighted by molar-refractivity contribution is 7.99. The molecule has 29 heavy (non-hydrogen) atoms. The molecule has 2 fully saturated rings. The number of nitrogens with zero attached hydrogens (tertiary/aromatic N) is 4. The van der Waals surface area contributed by atoms with E-state index < -0.39 is 0 Å². The molecule has 9 heteroatoms. The van der Waals surface area contributed by atoms with E-state index in [1.54, 1.807) is 0 Å². The van der Waals surface area contributed by atoms with Crippen LogP contribution in [0.2, 0.25) is 0 Å². The number of rotatable bonds is 6. The van der Waals surface area contributed by atoms with Crippen molar-refractivity contribution in [3.8, 4) is 5.69 Å². The molecular weight excluding hydrogens is 390 g/mol. The Morgan fingerprint density at radius 1 is 1.31 bits per heavy atom. The van der Waals surface area contributed by atoms with Crippen molar-refractivity contribution >= 4 is 29.3 Å². The fourth-order valence-corrected chi connectivity index (χ4v) is 4.27. The lowest BCUT2D eigenvalue weighted by atomic mass is 10.2. The first-order valence-corrected chi connectivity index (χ1v) is 10.9. The van der Waals surface area contributed by atoms with Gasteiger partial charge in [0.25, 0.3) is 0 Å². The van der Waals surface area contributed by atoms with Crippen molar-refractivity contribution in [2.24, 2.45) is 0 Å². The van der Waals surface area contributed by atoms with Gasteiger partial charge in [0.15, 0.2) is 5.16 Å². The zero-order valence-corrected chi connectivity index (χ0v) is 17.4. The van der Waals surface area contributed by atoms with Crippen molar-refractivity contribution in [3.63, 3.8) is 0 Å². The predicted molar refractivity (Wildman–Crippen MR) is 110 cm³/mol. The van der Waals surface area contributed by atoms with Gasteiger partial charge in [-0.1, -0.05) is 17.8 Å². The number of thioether (sulfide) groups is 1. The zero-order valence-electron chi connectivity index (χ0n) is 16.6. The summed E-state index contributed by atoms with van der Waals surface area (Å²) in [6.07, 6.45) is 2.26. The van der Waals surface area contributed by atoms with Crippen LogP contribution in [0.1, 0.15) is 38.4 Å². The molecule has 0 spiro atoms. The largest absolute Gasteiger partial charge is 0.375 e. The summed E-state index contributed by atoms with van der Waals surface area (Å²) >= 11 is 1.40. The van der Waals surface area contributed by atoms with Gasteiger partial charge in [-0.3, -0.25) is 14.2 Å². The Morgan fingerprint density at radius 3 is 2.86 bits per heavy atom. The van der Waals surface area contributed by atoms with Crippen LogP contribution in [0.5, 0.6) is 0 Å². The average Bonchev–Trinajstić information content (AvgIpc) is 3.45. The van der Waals surface area contributed by atoms with Gasteiger partial charge in [0, 0.05) is 31.6 Å². The van der Waals surface area contributed by atoms with Gasteiger partial charge < -0.3 is 15.0 Å². The summed E-state index contributed by atoms with van der Waals surface area (Å²) in [5.41, 5.74) is 1.61. The summed E-state index contributed by atoms with van der Waals surface area (Å²) in [5.74, 6) is 1.59. The number of carbonyl (C=O) groups is 2. The van der Waals surface area contributed by atoms with Crippen LogP contribution in [-0.4, -0.2) is 63.0 Å². The fraction of sp³-hybridized carbons (Fsp3) is 0.500. The maximum Gasteiger partial charge on any atom is 0.233 e. The Kier molecular flexibility index (Phi) is 5.86. The molecule has 154 valence electrons. The summed E-state index contributed by atoms with van der Waals surface area (Å²) < 4.78 is 7.53. The maximum absolute atomic E-state index is 12.6. The summed E-state index contributed by atoms with van der Waals surface area (Å²) in [4.78, 5) is 25.9. The van der Waals surface area contributed by atoms with Crippen LogP contribution in [0.15, 0.2) is 29.4 Å². The molecule has 2 aromatic rings. The molecule has 1 saturated carbocycles. The molecule has 1 aliphatic carbocycles. The molecule has 1 aromatic carbocycles. The number of amides is 2. The van der Waals surface area contributed by atoms with Crippen LogP contribution < -0.4 is 5.32 Å². The Bertz CT molecular complexity index is 911. The molecular formula is C20H25N5O3S. The molecule has 0 bridgehead atoms. The third-order valence-corrected chi connectivity index (χ3v) is 5.86. The highest BCUT2D eigenvalue weighted by Gasteiger charge is 2.31. The standard InChI is InChI=1S/C20H25N5O3S/c1-13-11-24(8-9-28-13)18(27)12-29-20-23-22-19(15-6-7-15)25(20)17-5-3-4-16(10-17)21-14(2)26/h3-5,10,13,15H,6-9,11-12H2,1-2H3,(H,21,26). The van der Waals surface area contributed by atoms with Gasteiger partial charge in [-0.15, -0.1) is 10.2 Å². The van der Waals surface area contributed by atoms with Crippen molar-refractivity contribution in [2.45, 2.75) is 43.9 Å². The van der Waals surface area contributed by atoms with Gasteiger partial charge in [0.1, 0.15) is 5.82 Å². The summed E-state index contributed by atoms with van der Waals surface area (Å²) in [6, 6.07) is 7.62. The minimum Gasteiger partial charge on any atom is -0.375 e. The number of morpholine rings is 1. The maximum atomic E-state index is 12.6. The van der Waals surface area contributed by atoms with Gasteiger partial charge in [-0.25, -0.2) is 0 Å². The molecule has 1 aliphatic heterocycles. The van der Waals surface area contributed by atoms with E-state index in [2.05, 4.69) is 15.5 Å². The van der Waals surface area contributed by atoms with Crippen LogP contribution in [0.3, 0.4) is 0 Å². The lowest BCUT2D eigenvalue weighted by molar-refractivity contribution is -0.135. The van der Waals surface area contributed by atoms with Crippen LogP contribution >= 0.6 is 11.8 Å². The quantitative estimate of drug-likeness (QED) is 0.729. The number of hydrogen-bond acceptors (Lipinski definition) is 6. The third-order valence-electron chi connectivity index (χ3n) is 4.94. The van der Waals surface area contributed by atoms with Crippen LogP contribution in [0.4, 0.5) is 5.69 Å². The molecule has 2 amide bonds. The number of benzene rings is 1. The second kappa shape index (κ2) is 8.54. The monoisotopic (exact) mass is 415 g/mol. The summed E-state index contributed by atoms with van der Waals surface area (Å²) in [5, 5.41) is 12.3. The van der Waals surface area contributed by atoms with Crippen LogP contribution in [0.25, 0.3) is 5.69 Å². The fourth-order valence-electron chi connectivity index (χ4n) is 3.41. The first kappa shape index (κ1) is 19.9. The number of carbonyl (C=O) groups excluding carboxylic acids is 2. The molecule has 1 aromatic heterocycles. The van der Waals surface area contributed by atoms with Gasteiger partial charge >= 0.3 is 0 Å². The highest BCUT2D eigenvalue weighted by Crippen LogP contribution is 2.41. The number of ether oxygens (including phenoxy) is 1. The van der Waals surface area contributed by atoms with E-state index in [0.717, 1.165) is 30.0 Å².